The summed E-state index contributed by atoms with van der Waals surface area (Å²) in [4.78, 5) is 101. The van der Waals surface area contributed by atoms with Crippen molar-refractivity contribution in [2.24, 2.45) is 0 Å². The van der Waals surface area contributed by atoms with Gasteiger partial charge in [0.05, 0.1) is 36.9 Å². The number of nitrogens with two attached hydrogens (primary N) is 4. The number of rotatable bonds is 18. The Labute approximate surface area is 360 Å². The van der Waals surface area contributed by atoms with E-state index in [1.807, 2.05) is 0 Å². The van der Waals surface area contributed by atoms with Crippen LogP contribution in [0, 0.1) is 0 Å². The van der Waals surface area contributed by atoms with Gasteiger partial charge < -0.3 is 64.6 Å². The maximum atomic E-state index is 12.3. The molecule has 2 amide bonds. The molecule has 26 heteroatoms. The first-order valence-electron chi connectivity index (χ1n) is 18.7. The Hall–Kier alpha value is -9.10. The number of aromatic nitrogens is 8. The van der Waals surface area contributed by atoms with E-state index in [0.29, 0.717) is 46.9 Å². The van der Waals surface area contributed by atoms with E-state index < -0.39 is 47.8 Å². The van der Waals surface area contributed by atoms with Crippen molar-refractivity contribution in [2.45, 2.75) is 50.9 Å². The van der Waals surface area contributed by atoms with E-state index >= 15 is 0 Å². The number of aliphatic carboxylic acids is 4. The first-order valence-corrected chi connectivity index (χ1v) is 18.7. The molecule has 2 unspecified atom stereocenters. The van der Waals surface area contributed by atoms with Gasteiger partial charge in [0.2, 0.25) is 11.9 Å². The highest BCUT2D eigenvalue weighted by Gasteiger charge is 2.23. The van der Waals surface area contributed by atoms with E-state index in [1.165, 1.54) is 36.7 Å². The molecule has 64 heavy (non-hydrogen) atoms. The second-order valence-corrected chi connectivity index (χ2v) is 13.5. The zero-order chi connectivity index (χ0) is 46.5. The number of carbonyl (C=O) groups is 6. The first-order chi connectivity index (χ1) is 30.4. The van der Waals surface area contributed by atoms with Crippen molar-refractivity contribution < 1.29 is 49.2 Å². The maximum Gasteiger partial charge on any atom is 0.326 e. The zero-order valence-electron chi connectivity index (χ0n) is 33.3. The second-order valence-electron chi connectivity index (χ2n) is 13.5. The third-order valence-electron chi connectivity index (χ3n) is 8.74. The molecule has 0 saturated heterocycles. The molecule has 0 bridgehead atoms. The van der Waals surface area contributed by atoms with Crippen molar-refractivity contribution >= 4 is 92.9 Å². The summed E-state index contributed by atoms with van der Waals surface area (Å²) in [5.41, 5.74) is 26.9. The minimum Gasteiger partial charge on any atom is -0.481 e. The number of nitrogens with zero attached hydrogens (tertiary/aromatic N) is 8. The monoisotopic (exact) mass is 880 g/mol. The number of hydrogen-bond acceptors (Lipinski definition) is 20. The zero-order valence-corrected chi connectivity index (χ0v) is 33.3. The predicted octanol–water partition coefficient (Wildman–Crippen LogP) is 0.488. The molecule has 2 aromatic carbocycles. The minimum atomic E-state index is -1.30. The van der Waals surface area contributed by atoms with Crippen LogP contribution < -0.4 is 44.2 Å². The summed E-state index contributed by atoms with van der Waals surface area (Å²) >= 11 is 0. The molecule has 0 radical (unpaired) electrons. The summed E-state index contributed by atoms with van der Waals surface area (Å²) in [6.07, 6.45) is 1.86. The van der Waals surface area contributed by atoms with Gasteiger partial charge in [0.1, 0.15) is 12.1 Å². The molecule has 4 heterocycles. The second kappa shape index (κ2) is 20.9. The quantitative estimate of drug-likeness (QED) is 0.0559. The van der Waals surface area contributed by atoms with Gasteiger partial charge in [-0.15, -0.1) is 0 Å². The number of carboxylic acids is 4. The Morgan fingerprint density at radius 3 is 1.20 bits per heavy atom. The van der Waals surface area contributed by atoms with Crippen LogP contribution >= 0.6 is 0 Å². The van der Waals surface area contributed by atoms with Crippen LogP contribution in [0.4, 0.5) is 34.9 Å². The fourth-order valence-corrected chi connectivity index (χ4v) is 5.53. The molecule has 6 rings (SSSR count). The molecule has 16 N–H and O–H groups in total. The highest BCUT2D eigenvalue weighted by Crippen LogP contribution is 2.18. The molecular formula is C38H40N16O10. The van der Waals surface area contributed by atoms with Crippen LogP contribution in [0.2, 0.25) is 0 Å². The minimum absolute atomic E-state index is 0.0101. The summed E-state index contributed by atoms with van der Waals surface area (Å²) < 4.78 is 0. The molecule has 0 spiro atoms. The average molecular weight is 881 g/mol. The fourth-order valence-electron chi connectivity index (χ4n) is 5.53. The maximum absolute atomic E-state index is 12.3. The van der Waals surface area contributed by atoms with Gasteiger partial charge in [0, 0.05) is 35.3 Å². The molecular weight excluding hydrogens is 841 g/mol. The molecule has 26 nitrogen and oxygen atoms in total. The van der Waals surface area contributed by atoms with Crippen molar-refractivity contribution in [2.75, 3.05) is 33.6 Å². The van der Waals surface area contributed by atoms with Crippen LogP contribution in [0.15, 0.2) is 60.9 Å². The Morgan fingerprint density at radius 2 is 0.875 bits per heavy atom. The predicted molar refractivity (Wildman–Crippen MR) is 227 cm³/mol. The number of carbonyl (C=O) groups excluding carboxylic acids is 2. The lowest BCUT2D eigenvalue weighted by Crippen LogP contribution is -2.41. The van der Waals surface area contributed by atoms with Gasteiger partial charge in [-0.1, -0.05) is 0 Å². The number of amides is 2. The van der Waals surface area contributed by atoms with Crippen molar-refractivity contribution in [3.8, 4) is 0 Å². The summed E-state index contributed by atoms with van der Waals surface area (Å²) in [5, 5.41) is 46.6. The number of benzene rings is 2. The van der Waals surface area contributed by atoms with Gasteiger partial charge in [0.15, 0.2) is 34.0 Å². The van der Waals surface area contributed by atoms with Crippen molar-refractivity contribution in [1.29, 1.82) is 0 Å². The Kier molecular flexibility index (Phi) is 15.0. The summed E-state index contributed by atoms with van der Waals surface area (Å²) in [6.45, 7) is 0.600. The van der Waals surface area contributed by atoms with E-state index in [1.54, 1.807) is 24.3 Å². The van der Waals surface area contributed by atoms with Gasteiger partial charge in [-0.2, -0.15) is 19.9 Å². The first kappa shape index (κ1) is 46.0. The number of anilines is 6. The number of nitrogens with one attached hydrogen (secondary N) is 4. The molecule has 2 atom stereocenters. The van der Waals surface area contributed by atoms with Crippen LogP contribution in [0.1, 0.15) is 57.8 Å². The SMILES string of the molecule is Nc1nc(N)c2nc(CNc3ccc(C(=O)NC(CCC(=O)O)C(=O)O)cc3)cnc2n1.Nc1nc(N)c2nc(CNc3ccc(C(=O)NC(CCC(=O)O)C(=O)O)cc3)cnc2n1. The van der Waals surface area contributed by atoms with E-state index in [2.05, 4.69) is 61.1 Å². The molecule has 0 aliphatic rings. The molecule has 0 aliphatic carbocycles. The highest BCUT2D eigenvalue weighted by atomic mass is 16.4. The van der Waals surface area contributed by atoms with Gasteiger partial charge in [0.25, 0.3) is 11.8 Å². The third-order valence-corrected chi connectivity index (χ3v) is 8.74. The summed E-state index contributed by atoms with van der Waals surface area (Å²) in [6, 6.07) is 9.97. The molecule has 6 aromatic rings. The number of carboxylic acid groups (broad SMARTS) is 4. The third kappa shape index (κ3) is 12.9. The molecule has 332 valence electrons. The van der Waals surface area contributed by atoms with Gasteiger partial charge >= 0.3 is 23.9 Å². The largest absolute Gasteiger partial charge is 0.481 e. The average Bonchev–Trinajstić information content (AvgIpc) is 3.25. The van der Waals surface area contributed by atoms with Crippen LogP contribution in [-0.2, 0) is 32.3 Å². The molecule has 0 fully saturated rings. The Morgan fingerprint density at radius 1 is 0.516 bits per heavy atom. The highest BCUT2D eigenvalue weighted by molar-refractivity contribution is 5.97. The Balaban J connectivity index is 0.000000241. The Bertz CT molecular complexity index is 2520. The standard InChI is InChI=1S/2C19H20N8O5/c2*20-15-14-16(27-19(21)26-15)23-8-11(24-14)7-22-10-3-1-9(2-4-10)17(30)25-12(18(31)32)5-6-13(28)29/h2*1-4,8,12,22H,5-7H2,(H,25,30)(H,28,29)(H,31,32)(H4,20,21,23,26,27). The van der Waals surface area contributed by atoms with Crippen LogP contribution in [0.3, 0.4) is 0 Å². The van der Waals surface area contributed by atoms with Gasteiger partial charge in [-0.05, 0) is 61.4 Å². The van der Waals surface area contributed by atoms with Crippen molar-refractivity contribution in [1.82, 2.24) is 50.5 Å². The number of hydrogen-bond donors (Lipinski definition) is 12. The van der Waals surface area contributed by atoms with E-state index in [0.717, 1.165) is 0 Å². The summed E-state index contributed by atoms with van der Waals surface area (Å²) in [7, 11) is 0. The van der Waals surface area contributed by atoms with Crippen molar-refractivity contribution in [3.63, 3.8) is 0 Å². The molecule has 0 aliphatic heterocycles. The van der Waals surface area contributed by atoms with Crippen LogP contribution in [-0.4, -0.2) is 108 Å². The lowest BCUT2D eigenvalue weighted by atomic mass is 10.1. The lowest BCUT2D eigenvalue weighted by Gasteiger charge is -2.14. The summed E-state index contributed by atoms with van der Waals surface area (Å²) in [5.74, 6) is -5.86. The topological polar surface area (TPSA) is 439 Å². The van der Waals surface area contributed by atoms with Crippen molar-refractivity contribution in [3.05, 3.63) is 83.4 Å². The molecule has 0 saturated carbocycles. The lowest BCUT2D eigenvalue weighted by molar-refractivity contribution is -0.142. The fraction of sp³-hybridized carbons (Fsp3) is 0.211. The normalized spacial score (nSPS) is 11.6. The van der Waals surface area contributed by atoms with Gasteiger partial charge in [-0.3, -0.25) is 19.2 Å². The number of nitrogen functional groups attached to an aromatic ring is 4. The van der Waals surface area contributed by atoms with Crippen LogP contribution in [0.25, 0.3) is 22.3 Å². The molecule has 4 aromatic heterocycles. The van der Waals surface area contributed by atoms with Gasteiger partial charge in [-0.25, -0.2) is 29.5 Å². The van der Waals surface area contributed by atoms with E-state index in [4.69, 9.17) is 43.4 Å². The smallest absolute Gasteiger partial charge is 0.326 e. The van der Waals surface area contributed by atoms with E-state index in [-0.39, 0.29) is 71.6 Å². The van der Waals surface area contributed by atoms with Crippen LogP contribution in [0.5, 0.6) is 0 Å². The number of fused-ring (bicyclic) bond motifs is 2. The van der Waals surface area contributed by atoms with E-state index in [9.17, 15) is 28.8 Å².